The van der Waals surface area contributed by atoms with E-state index < -0.39 is 154 Å². The number of aliphatic hydroxyl groups excluding tert-OH is 2. The SMILES string of the molecule is CNC(=O)[C@@H]1NC(=O)C2NC(=O)C(NC(=O)C3NC(=O)C(CC(N)=O)NC(=O)C(NC(=O)C(CC(C)C)N(C)C(=O)OC(C)(C)C)C(O)c4ccc(c(Cl)c4)Oc4cc3cc(c4O)Oc3ccc(cc3)C2O)c2ccc(O)c(c2)-c2c1cc(O)c(CN1CCN(Cc3ccc(-c4ccccc4)cc3)CC1)c2O. The zero-order valence-electron chi connectivity index (χ0n) is 59.5. The molecule has 6 heterocycles. The number of rotatable bonds is 13. The molecule has 7 aromatic rings. The van der Waals surface area contributed by atoms with Crippen molar-refractivity contribution >= 4 is 65.0 Å². The van der Waals surface area contributed by atoms with Crippen LogP contribution < -0.4 is 52.4 Å². The molecule has 13 rings (SSSR count). The smallest absolute Gasteiger partial charge is 0.410 e. The maximum atomic E-state index is 15.9. The number of likely N-dealkylation sites (N-methyl/N-ethyl adjacent to an activating group) is 2. The summed E-state index contributed by atoms with van der Waals surface area (Å²) in [6.45, 7) is 11.0. The van der Waals surface area contributed by atoms with Gasteiger partial charge in [0.15, 0.2) is 11.5 Å². The first-order valence-corrected chi connectivity index (χ1v) is 35.0. The van der Waals surface area contributed by atoms with Crippen molar-refractivity contribution in [2.75, 3.05) is 40.3 Å². The second-order valence-electron chi connectivity index (χ2n) is 28.2. The zero-order chi connectivity index (χ0) is 77.0. The van der Waals surface area contributed by atoms with E-state index in [1.54, 1.807) is 34.6 Å². The second-order valence-corrected chi connectivity index (χ2v) is 28.6. The van der Waals surface area contributed by atoms with E-state index in [1.807, 2.05) is 35.2 Å². The van der Waals surface area contributed by atoms with Gasteiger partial charge in [-0.3, -0.25) is 53.1 Å². The number of carbonyl (C=O) groups is 9. The van der Waals surface area contributed by atoms with Crippen LogP contribution in [0.25, 0.3) is 22.3 Å². The lowest BCUT2D eigenvalue weighted by molar-refractivity contribution is -0.138. The lowest BCUT2D eigenvalue weighted by atomic mass is 9.87. The second kappa shape index (κ2) is 32.1. The third-order valence-electron chi connectivity index (χ3n) is 18.9. The topological polar surface area (TPSA) is 423 Å². The molecular formula is C77H84ClN11O18. The van der Waals surface area contributed by atoms with Crippen LogP contribution >= 0.6 is 11.6 Å². The van der Waals surface area contributed by atoms with Gasteiger partial charge in [-0.2, -0.15) is 0 Å². The van der Waals surface area contributed by atoms with Crippen LogP contribution in [-0.2, 0) is 56.2 Å². The Bertz CT molecular complexity index is 4590. The first-order valence-electron chi connectivity index (χ1n) is 34.6. The Morgan fingerprint density at radius 1 is 0.645 bits per heavy atom. The molecule has 9 amide bonds. The number of primary amides is 1. The fraction of sp³-hybridized carbons (Fsp3) is 0.338. The van der Waals surface area contributed by atoms with E-state index in [4.69, 9.17) is 31.5 Å². The average Bonchev–Trinajstić information content (AvgIpc) is 0.752. The summed E-state index contributed by atoms with van der Waals surface area (Å²) in [5.41, 5.74) is 6.28. The van der Waals surface area contributed by atoms with Crippen LogP contribution in [0.4, 0.5) is 4.79 Å². The first-order chi connectivity index (χ1) is 50.8. The number of nitrogens with two attached hydrogens (primary N) is 1. The van der Waals surface area contributed by atoms with E-state index in [-0.39, 0.29) is 79.9 Å². The highest BCUT2D eigenvalue weighted by molar-refractivity contribution is 6.32. The summed E-state index contributed by atoms with van der Waals surface area (Å²) in [4.78, 5) is 138. The van der Waals surface area contributed by atoms with E-state index in [0.29, 0.717) is 32.7 Å². The van der Waals surface area contributed by atoms with Gasteiger partial charge in [-0.05, 0) is 132 Å². The van der Waals surface area contributed by atoms with E-state index in [1.165, 1.54) is 62.6 Å². The molecule has 8 unspecified atom stereocenters. The minimum absolute atomic E-state index is 0.00356. The molecule has 1 fully saturated rings. The minimum atomic E-state index is -2.19. The Morgan fingerprint density at radius 3 is 1.89 bits per heavy atom. The molecule has 29 nitrogen and oxygen atoms in total. The Morgan fingerprint density at radius 2 is 1.25 bits per heavy atom. The lowest BCUT2D eigenvalue weighted by Gasteiger charge is -2.35. The van der Waals surface area contributed by atoms with Crippen LogP contribution in [0.1, 0.15) is 117 Å². The normalized spacial score (nSPS) is 21.0. The molecule has 1 saturated heterocycles. The largest absolute Gasteiger partial charge is 0.507 e. The fourth-order valence-electron chi connectivity index (χ4n) is 13.2. The average molecular weight is 1490 g/mol. The Labute approximate surface area is 620 Å². The highest BCUT2D eigenvalue weighted by Gasteiger charge is 2.43. The van der Waals surface area contributed by atoms with Gasteiger partial charge < -0.3 is 87.8 Å². The van der Waals surface area contributed by atoms with Gasteiger partial charge in [-0.1, -0.05) is 104 Å². The van der Waals surface area contributed by atoms with Crippen molar-refractivity contribution in [3.8, 4) is 68.2 Å². The van der Waals surface area contributed by atoms with Gasteiger partial charge in [0.05, 0.1) is 17.0 Å². The number of hydrogen-bond donors (Lipinski definition) is 14. The lowest BCUT2D eigenvalue weighted by Crippen LogP contribution is -2.59. The van der Waals surface area contributed by atoms with Crippen LogP contribution in [0.5, 0.6) is 46.0 Å². The van der Waals surface area contributed by atoms with Crippen molar-refractivity contribution in [2.24, 2.45) is 11.7 Å². The van der Waals surface area contributed by atoms with Crippen molar-refractivity contribution in [3.05, 3.63) is 177 Å². The molecule has 30 heteroatoms. The van der Waals surface area contributed by atoms with Gasteiger partial charge in [0, 0.05) is 64.5 Å². The summed E-state index contributed by atoms with van der Waals surface area (Å²) in [7, 11) is 2.55. The first kappa shape index (κ1) is 76.6. The van der Waals surface area contributed by atoms with Crippen LogP contribution in [0.3, 0.4) is 0 Å². The predicted molar refractivity (Wildman–Crippen MR) is 389 cm³/mol. The number of fused-ring (bicyclic) bond motifs is 15. The maximum Gasteiger partial charge on any atom is 0.410 e. The number of nitrogens with one attached hydrogen (secondary N) is 7. The standard InChI is InChI=1S/C77H84ClN11O18/c1-38(2)29-52(87(7)76(104)107-77(3,4)5)70(98)85-64-66(94)44-20-24-55(50(78)31-44)106-57-33-45-32-56(68(57)96)105-46-21-17-42(18-22-46)65(93)63-75(103)84-62(71(99)80-6)48-34-54(91)49(37-89-27-25-88(26-28-89)36-39-13-15-41(16-14-39)40-11-9-8-10-12-40)67(95)59(48)47-30-43(19-23-53(47)90)60(72(100)86-63)83-73(101)61(45)82-69(97)51(35-58(79)92)81-74(64)102/h8-24,30-34,38,51-52,60-66,90-91,93-96H,25-29,35-37H2,1-7H3,(H2,79,92)(H,80,99)(H,81,102)(H,82,97)(H,83,101)(H,84,103)(H,85,98)(H,86,100)/t51?,52?,60?,61?,62-,63?,64?,65?,66?/m1/s1. The summed E-state index contributed by atoms with van der Waals surface area (Å²) in [5, 5.41) is 91.1. The Hall–Kier alpha value is -11.5. The summed E-state index contributed by atoms with van der Waals surface area (Å²) < 4.78 is 18.1. The van der Waals surface area contributed by atoms with Crippen LogP contribution in [-0.4, -0.2) is 169 Å². The number of halogens is 1. The van der Waals surface area contributed by atoms with Gasteiger partial charge in [0.1, 0.15) is 88.8 Å². The molecule has 0 radical (unpaired) electrons. The molecule has 11 bridgehead atoms. The third kappa shape index (κ3) is 17.4. The molecular weight excluding hydrogens is 1400 g/mol. The number of hydrogen-bond acceptors (Lipinski definition) is 20. The highest BCUT2D eigenvalue weighted by atomic mass is 35.5. The number of carbonyl (C=O) groups excluding carboxylic acids is 9. The van der Waals surface area contributed by atoms with Gasteiger partial charge in [0.2, 0.25) is 53.0 Å². The molecule has 562 valence electrons. The van der Waals surface area contributed by atoms with E-state index in [2.05, 4.69) is 66.4 Å². The quantitative estimate of drug-likeness (QED) is 0.0626. The molecule has 0 spiro atoms. The molecule has 0 saturated carbocycles. The summed E-state index contributed by atoms with van der Waals surface area (Å²) >= 11 is 6.91. The van der Waals surface area contributed by atoms with Gasteiger partial charge in [0.25, 0.3) is 0 Å². The van der Waals surface area contributed by atoms with Gasteiger partial charge in [-0.15, -0.1) is 0 Å². The molecule has 15 N–H and O–H groups in total. The molecule has 9 atom stereocenters. The summed E-state index contributed by atoms with van der Waals surface area (Å²) in [6, 6.07) is 20.2. The fourth-order valence-corrected chi connectivity index (χ4v) is 13.4. The number of amides is 9. The molecule has 6 aliphatic heterocycles. The molecule has 0 aliphatic carbocycles. The van der Waals surface area contributed by atoms with Crippen molar-refractivity contribution in [1.29, 1.82) is 0 Å². The van der Waals surface area contributed by atoms with Gasteiger partial charge >= 0.3 is 6.09 Å². The zero-order valence-corrected chi connectivity index (χ0v) is 60.3. The number of piperazine rings is 1. The number of aromatic hydroxyl groups is 4. The number of aliphatic hydroxyl groups is 2. The Balaban J connectivity index is 1.01. The third-order valence-corrected chi connectivity index (χ3v) is 19.2. The number of benzene rings is 7. The molecule has 6 aliphatic rings. The van der Waals surface area contributed by atoms with E-state index >= 15 is 24.0 Å². The van der Waals surface area contributed by atoms with E-state index in [0.717, 1.165) is 51.9 Å². The number of phenolic OH excluding ortho intramolecular Hbond substituents is 4. The molecule has 0 aromatic heterocycles. The Kier molecular flexibility index (Phi) is 23.0. The molecule has 7 aromatic carbocycles. The van der Waals surface area contributed by atoms with Crippen molar-refractivity contribution in [1.82, 2.24) is 51.9 Å². The van der Waals surface area contributed by atoms with Crippen LogP contribution in [0.15, 0.2) is 133 Å². The highest BCUT2D eigenvalue weighted by Crippen LogP contribution is 2.49. The van der Waals surface area contributed by atoms with Gasteiger partial charge in [-0.25, -0.2) is 4.79 Å². The van der Waals surface area contributed by atoms with Crippen molar-refractivity contribution in [3.63, 3.8) is 0 Å². The van der Waals surface area contributed by atoms with E-state index in [9.17, 15) is 49.8 Å². The van der Waals surface area contributed by atoms with Crippen LogP contribution in [0, 0.1) is 5.92 Å². The monoisotopic (exact) mass is 1490 g/mol. The predicted octanol–water partition coefficient (Wildman–Crippen LogP) is 6.04. The number of nitrogens with zero attached hydrogens (tertiary/aromatic N) is 3. The number of ether oxygens (including phenoxy) is 3. The van der Waals surface area contributed by atoms with Crippen molar-refractivity contribution < 1.29 is 88.0 Å². The van der Waals surface area contributed by atoms with Crippen molar-refractivity contribution in [2.45, 2.75) is 121 Å². The summed E-state index contributed by atoms with van der Waals surface area (Å²) in [6.07, 6.45) is -6.03. The minimum Gasteiger partial charge on any atom is -0.507 e. The molecule has 107 heavy (non-hydrogen) atoms. The maximum absolute atomic E-state index is 15.9. The van der Waals surface area contributed by atoms with Crippen LogP contribution in [0.2, 0.25) is 5.02 Å². The summed E-state index contributed by atoms with van der Waals surface area (Å²) in [5.74, 6) is -13.8. The number of phenols is 4.